The molecule has 0 aliphatic heterocycles. The largest absolute Gasteiger partial charge is 0.369 e. The lowest BCUT2D eigenvalue weighted by atomic mass is 10.2. The molecule has 0 saturated carbocycles. The van der Waals surface area contributed by atoms with Crippen LogP contribution in [0.5, 0.6) is 0 Å². The number of amides is 1. The Morgan fingerprint density at radius 1 is 1.50 bits per heavy atom. The zero-order valence-electron chi connectivity index (χ0n) is 10.6. The molecule has 0 fully saturated rings. The molecule has 0 aliphatic carbocycles. The van der Waals surface area contributed by atoms with Gasteiger partial charge in [-0.2, -0.15) is 5.10 Å². The maximum atomic E-state index is 11.5. The lowest BCUT2D eigenvalue weighted by Gasteiger charge is -2.09. The molecule has 1 N–H and O–H groups in total. The molecule has 0 radical (unpaired) electrons. The summed E-state index contributed by atoms with van der Waals surface area (Å²) in [5.74, 6) is -0.106. The van der Waals surface area contributed by atoms with Gasteiger partial charge in [-0.15, -0.1) is 0 Å². The summed E-state index contributed by atoms with van der Waals surface area (Å²) in [4.78, 5) is 11.5. The minimum Gasteiger partial charge on any atom is -0.369 e. The summed E-state index contributed by atoms with van der Waals surface area (Å²) in [6.07, 6.45) is 3.68. The van der Waals surface area contributed by atoms with E-state index in [4.69, 9.17) is 4.74 Å². The molecule has 0 aromatic carbocycles. The van der Waals surface area contributed by atoms with Gasteiger partial charge in [-0.25, -0.2) is 4.52 Å². The molecule has 2 heterocycles. The quantitative estimate of drug-likeness (QED) is 0.868. The van der Waals surface area contributed by atoms with Crippen LogP contribution in [0.4, 0.5) is 0 Å². The Bertz CT molecular complexity index is 534. The number of nitrogens with one attached hydrogen (secondary N) is 1. The van der Waals surface area contributed by atoms with E-state index in [1.807, 2.05) is 38.2 Å². The molecule has 0 spiro atoms. The Morgan fingerprint density at radius 3 is 3.11 bits per heavy atom. The fourth-order valence-corrected chi connectivity index (χ4v) is 1.65. The van der Waals surface area contributed by atoms with Crippen molar-refractivity contribution in [3.8, 4) is 0 Å². The summed E-state index contributed by atoms with van der Waals surface area (Å²) in [6.45, 7) is 4.39. The van der Waals surface area contributed by atoms with Crippen LogP contribution in [0.25, 0.3) is 5.52 Å². The Hall–Kier alpha value is -1.88. The smallest absolute Gasteiger partial charge is 0.246 e. The topological polar surface area (TPSA) is 55.6 Å². The molecule has 18 heavy (non-hydrogen) atoms. The third kappa shape index (κ3) is 3.07. The lowest BCUT2D eigenvalue weighted by Crippen LogP contribution is -2.28. The van der Waals surface area contributed by atoms with Gasteiger partial charge in [0.25, 0.3) is 0 Å². The third-order valence-corrected chi connectivity index (χ3v) is 2.55. The van der Waals surface area contributed by atoms with E-state index in [0.29, 0.717) is 6.54 Å². The molecule has 0 aliphatic rings. The minimum atomic E-state index is -0.106. The molecular formula is C13H17N3O2. The number of nitrogens with zero attached hydrogens (tertiary/aromatic N) is 2. The summed E-state index contributed by atoms with van der Waals surface area (Å²) >= 11 is 0. The van der Waals surface area contributed by atoms with E-state index in [1.54, 1.807) is 10.7 Å². The number of carbonyl (C=O) groups is 1. The normalized spacial score (nSPS) is 11.1. The van der Waals surface area contributed by atoms with Crippen molar-refractivity contribution in [2.24, 2.45) is 0 Å². The van der Waals surface area contributed by atoms with Crippen LogP contribution < -0.4 is 5.32 Å². The van der Waals surface area contributed by atoms with E-state index < -0.39 is 0 Å². The van der Waals surface area contributed by atoms with Crippen molar-refractivity contribution in [1.82, 2.24) is 14.9 Å². The van der Waals surface area contributed by atoms with Crippen LogP contribution in [0, 0.1) is 0 Å². The Labute approximate surface area is 106 Å². The second kappa shape index (κ2) is 5.64. The number of aromatic nitrogens is 2. The van der Waals surface area contributed by atoms with Crippen molar-refractivity contribution in [2.45, 2.75) is 26.5 Å². The minimum absolute atomic E-state index is 0.0639. The third-order valence-electron chi connectivity index (χ3n) is 2.55. The maximum Gasteiger partial charge on any atom is 0.246 e. The number of ether oxygens (including phenoxy) is 1. The van der Waals surface area contributed by atoms with E-state index in [1.165, 1.54) is 0 Å². The zero-order chi connectivity index (χ0) is 13.0. The first-order valence-corrected chi connectivity index (χ1v) is 5.96. The predicted molar refractivity (Wildman–Crippen MR) is 68.1 cm³/mol. The first-order chi connectivity index (χ1) is 8.66. The monoisotopic (exact) mass is 247 g/mol. The van der Waals surface area contributed by atoms with Crippen LogP contribution in [0.1, 0.15) is 19.4 Å². The Kier molecular flexibility index (Phi) is 3.94. The Balaban J connectivity index is 1.94. The molecule has 5 nitrogen and oxygen atoms in total. The average Bonchev–Trinajstić information content (AvgIpc) is 2.82. The molecule has 96 valence electrons. The van der Waals surface area contributed by atoms with Crippen LogP contribution in [-0.2, 0) is 16.1 Å². The second-order valence-corrected chi connectivity index (χ2v) is 4.33. The van der Waals surface area contributed by atoms with Gasteiger partial charge < -0.3 is 10.1 Å². The highest BCUT2D eigenvalue weighted by molar-refractivity contribution is 5.77. The Morgan fingerprint density at radius 2 is 2.33 bits per heavy atom. The van der Waals surface area contributed by atoms with Crippen molar-refractivity contribution >= 4 is 11.4 Å². The number of fused-ring (bicyclic) bond motifs is 1. The molecule has 1 amide bonds. The van der Waals surface area contributed by atoms with E-state index in [9.17, 15) is 4.79 Å². The number of hydrogen-bond donors (Lipinski definition) is 1. The summed E-state index contributed by atoms with van der Waals surface area (Å²) in [5, 5.41) is 6.98. The lowest BCUT2D eigenvalue weighted by molar-refractivity contribution is -0.127. The van der Waals surface area contributed by atoms with Gasteiger partial charge in [0.2, 0.25) is 5.91 Å². The molecule has 5 heteroatoms. The van der Waals surface area contributed by atoms with Gasteiger partial charge >= 0.3 is 0 Å². The standard InChI is InChI=1S/C13H17N3O2/c1-10(2)18-9-13(17)14-8-11-4-3-7-16-12(11)5-6-15-16/h3-7,10H,8-9H2,1-2H3,(H,14,17). The van der Waals surface area contributed by atoms with E-state index in [0.717, 1.165) is 11.1 Å². The summed E-state index contributed by atoms with van der Waals surface area (Å²) in [5.41, 5.74) is 2.04. The van der Waals surface area contributed by atoms with Gasteiger partial charge in [0.05, 0.1) is 11.6 Å². The van der Waals surface area contributed by atoms with Crippen molar-refractivity contribution in [3.63, 3.8) is 0 Å². The summed E-state index contributed by atoms with van der Waals surface area (Å²) in [7, 11) is 0. The van der Waals surface area contributed by atoms with Crippen LogP contribution in [0.2, 0.25) is 0 Å². The highest BCUT2D eigenvalue weighted by Crippen LogP contribution is 2.09. The van der Waals surface area contributed by atoms with Crippen molar-refractivity contribution in [2.75, 3.05) is 6.61 Å². The van der Waals surface area contributed by atoms with Crippen molar-refractivity contribution in [1.29, 1.82) is 0 Å². The number of pyridine rings is 1. The van der Waals surface area contributed by atoms with E-state index in [-0.39, 0.29) is 18.6 Å². The van der Waals surface area contributed by atoms with Gasteiger partial charge in [0.1, 0.15) is 6.61 Å². The SMILES string of the molecule is CC(C)OCC(=O)NCc1cccn2nccc12. The van der Waals surface area contributed by atoms with Gasteiger partial charge in [0.15, 0.2) is 0 Å². The van der Waals surface area contributed by atoms with Crippen LogP contribution in [0.15, 0.2) is 30.6 Å². The second-order valence-electron chi connectivity index (χ2n) is 4.33. The molecule has 2 rings (SSSR count). The van der Waals surface area contributed by atoms with Crippen LogP contribution in [-0.4, -0.2) is 28.2 Å². The fraction of sp³-hybridized carbons (Fsp3) is 0.385. The molecule has 0 unspecified atom stereocenters. The summed E-state index contributed by atoms with van der Waals surface area (Å²) in [6, 6.07) is 5.80. The van der Waals surface area contributed by atoms with Gasteiger partial charge in [-0.1, -0.05) is 6.07 Å². The average molecular weight is 247 g/mol. The number of rotatable bonds is 5. The zero-order valence-corrected chi connectivity index (χ0v) is 10.6. The highest BCUT2D eigenvalue weighted by atomic mass is 16.5. The highest BCUT2D eigenvalue weighted by Gasteiger charge is 2.05. The first-order valence-electron chi connectivity index (χ1n) is 5.96. The van der Waals surface area contributed by atoms with Gasteiger partial charge in [0, 0.05) is 18.9 Å². The van der Waals surface area contributed by atoms with Crippen LogP contribution >= 0.6 is 0 Å². The fourth-order valence-electron chi connectivity index (χ4n) is 1.65. The molecular weight excluding hydrogens is 230 g/mol. The van der Waals surface area contributed by atoms with Gasteiger partial charge in [-0.05, 0) is 31.5 Å². The molecule has 2 aromatic rings. The van der Waals surface area contributed by atoms with E-state index in [2.05, 4.69) is 10.4 Å². The van der Waals surface area contributed by atoms with Gasteiger partial charge in [-0.3, -0.25) is 4.79 Å². The summed E-state index contributed by atoms with van der Waals surface area (Å²) < 4.78 is 7.02. The first kappa shape index (κ1) is 12.6. The predicted octanol–water partition coefficient (Wildman–Crippen LogP) is 1.38. The molecule has 2 aromatic heterocycles. The maximum absolute atomic E-state index is 11.5. The molecule has 0 saturated heterocycles. The molecule has 0 bridgehead atoms. The van der Waals surface area contributed by atoms with Crippen molar-refractivity contribution in [3.05, 3.63) is 36.2 Å². The van der Waals surface area contributed by atoms with E-state index >= 15 is 0 Å². The van der Waals surface area contributed by atoms with Crippen molar-refractivity contribution < 1.29 is 9.53 Å². The van der Waals surface area contributed by atoms with Crippen LogP contribution in [0.3, 0.4) is 0 Å². The molecule has 0 atom stereocenters. The number of carbonyl (C=O) groups excluding carboxylic acids is 1. The number of hydrogen-bond acceptors (Lipinski definition) is 3.